The first-order valence-electron chi connectivity index (χ1n) is 7.08. The Labute approximate surface area is 143 Å². The van der Waals surface area contributed by atoms with Crippen LogP contribution in [0.1, 0.15) is 40.9 Å². The Hall–Kier alpha value is -0.800. The van der Waals surface area contributed by atoms with Crippen LogP contribution in [-0.4, -0.2) is 5.60 Å². The fourth-order valence-electron chi connectivity index (χ4n) is 2.89. The molecule has 3 rings (SSSR count). The van der Waals surface area contributed by atoms with Crippen LogP contribution in [0.15, 0.2) is 40.9 Å². The Morgan fingerprint density at radius 1 is 1.14 bits per heavy atom. The molecule has 1 aliphatic rings. The van der Waals surface area contributed by atoms with Crippen LogP contribution in [0.5, 0.6) is 5.75 Å². The number of benzene rings is 2. The van der Waals surface area contributed by atoms with E-state index >= 15 is 0 Å². The Balaban J connectivity index is 1.95. The smallest absolute Gasteiger partial charge is 0.123 e. The van der Waals surface area contributed by atoms with Gasteiger partial charge in [-0.1, -0.05) is 50.1 Å². The number of ether oxygens (including phenoxy) is 1. The molecule has 0 spiro atoms. The molecule has 1 heterocycles. The lowest BCUT2D eigenvalue weighted by atomic mass is 9.96. The maximum Gasteiger partial charge on any atom is 0.123 e. The van der Waals surface area contributed by atoms with Crippen molar-refractivity contribution in [3.63, 3.8) is 0 Å². The number of fused-ring (bicyclic) bond motifs is 1. The van der Waals surface area contributed by atoms with E-state index in [9.17, 15) is 0 Å². The summed E-state index contributed by atoms with van der Waals surface area (Å²) in [5.74, 6) is 1.02. The normalized spacial score (nSPS) is 17.2. The standard InChI is InChI=1S/C18H18Br2O/c1-11-8-14(19)5-6-15(11)17(20)12-4-7-16-13(9-12)10-18(2,3)21-16/h4-9,17H,10H2,1-3H3. The SMILES string of the molecule is Cc1cc(Br)ccc1C(Br)c1ccc2c(c1)CC(C)(C)O2. The molecule has 1 unspecified atom stereocenters. The van der Waals surface area contributed by atoms with E-state index in [1.807, 2.05) is 0 Å². The molecule has 110 valence electrons. The summed E-state index contributed by atoms with van der Waals surface area (Å²) in [5, 5.41) is 0. The van der Waals surface area contributed by atoms with Crippen LogP contribution >= 0.6 is 31.9 Å². The van der Waals surface area contributed by atoms with Gasteiger partial charge in [0.25, 0.3) is 0 Å². The number of hydrogen-bond donors (Lipinski definition) is 0. The molecule has 0 amide bonds. The van der Waals surface area contributed by atoms with Crippen molar-refractivity contribution in [1.29, 1.82) is 0 Å². The van der Waals surface area contributed by atoms with Crippen molar-refractivity contribution in [3.8, 4) is 5.75 Å². The van der Waals surface area contributed by atoms with Gasteiger partial charge in [0.05, 0.1) is 4.83 Å². The summed E-state index contributed by atoms with van der Waals surface area (Å²) in [4.78, 5) is 0.208. The van der Waals surface area contributed by atoms with Gasteiger partial charge in [-0.25, -0.2) is 0 Å². The fourth-order valence-corrected chi connectivity index (χ4v) is 4.16. The highest BCUT2D eigenvalue weighted by Crippen LogP contribution is 2.40. The van der Waals surface area contributed by atoms with E-state index in [-0.39, 0.29) is 10.4 Å². The predicted molar refractivity (Wildman–Crippen MR) is 94.5 cm³/mol. The molecule has 0 bridgehead atoms. The molecule has 0 saturated carbocycles. The molecule has 2 aromatic rings. The molecule has 2 aromatic carbocycles. The Bertz CT molecular complexity index is 692. The molecule has 1 aliphatic heterocycles. The minimum atomic E-state index is -0.0870. The molecular weight excluding hydrogens is 392 g/mol. The first-order valence-corrected chi connectivity index (χ1v) is 8.78. The Morgan fingerprint density at radius 2 is 1.90 bits per heavy atom. The highest BCUT2D eigenvalue weighted by molar-refractivity contribution is 9.10. The van der Waals surface area contributed by atoms with Gasteiger partial charge < -0.3 is 4.74 Å². The van der Waals surface area contributed by atoms with E-state index in [0.717, 1.165) is 16.6 Å². The average molecular weight is 410 g/mol. The summed E-state index contributed by atoms with van der Waals surface area (Å²) in [6, 6.07) is 12.9. The second-order valence-corrected chi connectivity index (χ2v) is 8.10. The maximum absolute atomic E-state index is 5.95. The summed E-state index contributed by atoms with van der Waals surface area (Å²) in [5.41, 5.74) is 5.08. The molecule has 1 atom stereocenters. The minimum Gasteiger partial charge on any atom is -0.487 e. The number of rotatable bonds is 2. The van der Waals surface area contributed by atoms with Crippen molar-refractivity contribution in [2.24, 2.45) is 0 Å². The number of alkyl halides is 1. The molecule has 0 saturated heterocycles. The van der Waals surface area contributed by atoms with Crippen LogP contribution in [0.3, 0.4) is 0 Å². The molecule has 0 aliphatic carbocycles. The van der Waals surface area contributed by atoms with Crippen molar-refractivity contribution in [2.75, 3.05) is 0 Å². The van der Waals surface area contributed by atoms with E-state index in [0.29, 0.717) is 0 Å². The molecular formula is C18H18Br2O. The second kappa shape index (κ2) is 5.44. The molecule has 0 N–H and O–H groups in total. The van der Waals surface area contributed by atoms with Crippen LogP contribution in [0.4, 0.5) is 0 Å². The van der Waals surface area contributed by atoms with Gasteiger partial charge in [0.15, 0.2) is 0 Å². The average Bonchev–Trinajstić information content (AvgIpc) is 2.70. The summed E-state index contributed by atoms with van der Waals surface area (Å²) in [7, 11) is 0. The number of halogens is 2. The van der Waals surface area contributed by atoms with Crippen molar-refractivity contribution < 1.29 is 4.74 Å². The topological polar surface area (TPSA) is 9.23 Å². The van der Waals surface area contributed by atoms with Gasteiger partial charge >= 0.3 is 0 Å². The first-order chi connectivity index (χ1) is 9.85. The summed E-state index contributed by atoms with van der Waals surface area (Å²) in [6.45, 7) is 6.42. The fraction of sp³-hybridized carbons (Fsp3) is 0.333. The van der Waals surface area contributed by atoms with Crippen LogP contribution < -0.4 is 4.74 Å². The van der Waals surface area contributed by atoms with Crippen LogP contribution in [0, 0.1) is 6.92 Å². The molecule has 0 aromatic heterocycles. The third kappa shape index (κ3) is 3.04. The van der Waals surface area contributed by atoms with Crippen molar-refractivity contribution in [3.05, 3.63) is 63.1 Å². The lowest BCUT2D eigenvalue weighted by molar-refractivity contribution is 0.138. The van der Waals surface area contributed by atoms with Crippen molar-refractivity contribution in [1.82, 2.24) is 0 Å². The minimum absolute atomic E-state index is 0.0870. The largest absolute Gasteiger partial charge is 0.487 e. The third-order valence-electron chi connectivity index (χ3n) is 3.88. The lowest BCUT2D eigenvalue weighted by Gasteiger charge is -2.16. The number of aryl methyl sites for hydroxylation is 1. The lowest BCUT2D eigenvalue weighted by Crippen LogP contribution is -2.24. The van der Waals surface area contributed by atoms with Gasteiger partial charge in [0, 0.05) is 10.9 Å². The van der Waals surface area contributed by atoms with Crippen LogP contribution in [0.2, 0.25) is 0 Å². The Kier molecular flexibility index (Phi) is 3.91. The highest BCUT2D eigenvalue weighted by Gasteiger charge is 2.30. The number of hydrogen-bond acceptors (Lipinski definition) is 1. The predicted octanol–water partition coefficient (Wildman–Crippen LogP) is 5.96. The van der Waals surface area contributed by atoms with Gasteiger partial charge in [0.1, 0.15) is 11.4 Å². The van der Waals surface area contributed by atoms with E-state index in [4.69, 9.17) is 4.74 Å². The van der Waals surface area contributed by atoms with E-state index in [1.54, 1.807) is 0 Å². The van der Waals surface area contributed by atoms with Crippen molar-refractivity contribution in [2.45, 2.75) is 37.6 Å². The highest BCUT2D eigenvalue weighted by atomic mass is 79.9. The van der Waals surface area contributed by atoms with Gasteiger partial charge in [0.2, 0.25) is 0 Å². The van der Waals surface area contributed by atoms with Gasteiger partial charge in [-0.3, -0.25) is 0 Å². The zero-order valence-corrected chi connectivity index (χ0v) is 15.6. The monoisotopic (exact) mass is 408 g/mol. The van der Waals surface area contributed by atoms with E-state index in [1.165, 1.54) is 22.3 Å². The zero-order valence-electron chi connectivity index (χ0n) is 12.4. The van der Waals surface area contributed by atoms with Gasteiger partial charge in [-0.15, -0.1) is 0 Å². The van der Waals surface area contributed by atoms with E-state index in [2.05, 4.69) is 89.0 Å². The summed E-state index contributed by atoms with van der Waals surface area (Å²) in [6.07, 6.45) is 0.967. The second-order valence-electron chi connectivity index (χ2n) is 6.27. The summed E-state index contributed by atoms with van der Waals surface area (Å²) < 4.78 is 7.07. The zero-order chi connectivity index (χ0) is 15.2. The molecule has 3 heteroatoms. The third-order valence-corrected chi connectivity index (χ3v) is 5.40. The quantitative estimate of drug-likeness (QED) is 0.556. The van der Waals surface area contributed by atoms with Gasteiger partial charge in [-0.05, 0) is 61.2 Å². The molecule has 21 heavy (non-hydrogen) atoms. The van der Waals surface area contributed by atoms with Crippen LogP contribution in [-0.2, 0) is 6.42 Å². The molecule has 1 nitrogen and oxygen atoms in total. The molecule has 0 fully saturated rings. The van der Waals surface area contributed by atoms with E-state index < -0.39 is 0 Å². The van der Waals surface area contributed by atoms with Crippen LogP contribution in [0.25, 0.3) is 0 Å². The summed E-state index contributed by atoms with van der Waals surface area (Å²) >= 11 is 7.37. The van der Waals surface area contributed by atoms with Gasteiger partial charge in [-0.2, -0.15) is 0 Å². The Morgan fingerprint density at radius 3 is 2.62 bits per heavy atom. The first kappa shape index (κ1) is 15.1. The molecule has 0 radical (unpaired) electrons. The van der Waals surface area contributed by atoms with Crippen molar-refractivity contribution >= 4 is 31.9 Å². The maximum atomic E-state index is 5.95.